The van der Waals surface area contributed by atoms with Crippen LogP contribution in [0.4, 0.5) is 5.69 Å². The van der Waals surface area contributed by atoms with Crippen molar-refractivity contribution in [1.29, 1.82) is 0 Å². The molecule has 4 heteroatoms. The van der Waals surface area contributed by atoms with Crippen LogP contribution in [-0.4, -0.2) is 48.3 Å². The largest absolute Gasteiger partial charge is 0.389 e. The van der Waals surface area contributed by atoms with Gasteiger partial charge in [0.25, 0.3) is 0 Å². The van der Waals surface area contributed by atoms with Gasteiger partial charge in [0.2, 0.25) is 0 Å². The van der Waals surface area contributed by atoms with E-state index in [1.165, 1.54) is 22.4 Å². The molecule has 1 saturated heterocycles. The van der Waals surface area contributed by atoms with E-state index in [9.17, 15) is 5.11 Å². The van der Waals surface area contributed by atoms with Crippen LogP contribution in [0.15, 0.2) is 42.5 Å². The van der Waals surface area contributed by atoms with E-state index in [4.69, 9.17) is 11.6 Å². The highest BCUT2D eigenvalue weighted by Gasteiger charge is 2.34. The van der Waals surface area contributed by atoms with Crippen LogP contribution in [-0.2, 0) is 6.42 Å². The molecule has 2 unspecified atom stereocenters. The molecule has 0 aromatic heterocycles. The first kappa shape index (κ1) is 22.1. The molecule has 0 amide bonds. The minimum Gasteiger partial charge on any atom is -0.389 e. The molecule has 158 valence electrons. The van der Waals surface area contributed by atoms with Crippen LogP contribution in [0.2, 0.25) is 5.02 Å². The minimum absolute atomic E-state index is 0.213. The number of anilines is 1. The maximum absolute atomic E-state index is 11.5. The second-order valence-electron chi connectivity index (χ2n) is 8.73. The summed E-state index contributed by atoms with van der Waals surface area (Å²) >= 11 is 6.15. The first-order chi connectivity index (χ1) is 13.8. The number of aryl methyl sites for hydroxylation is 2. The molecule has 0 saturated carbocycles. The predicted molar refractivity (Wildman–Crippen MR) is 124 cm³/mol. The zero-order chi connectivity index (χ0) is 21.0. The Morgan fingerprint density at radius 1 is 1.07 bits per heavy atom. The van der Waals surface area contributed by atoms with Gasteiger partial charge >= 0.3 is 0 Å². The molecule has 1 heterocycles. The van der Waals surface area contributed by atoms with E-state index in [0.29, 0.717) is 0 Å². The molecule has 1 fully saturated rings. The van der Waals surface area contributed by atoms with E-state index in [1.807, 2.05) is 18.2 Å². The number of rotatable bonds is 7. The molecule has 2 atom stereocenters. The molecule has 0 bridgehead atoms. The van der Waals surface area contributed by atoms with Gasteiger partial charge in [-0.3, -0.25) is 4.90 Å². The van der Waals surface area contributed by atoms with Gasteiger partial charge in [0.15, 0.2) is 0 Å². The number of nitrogens with zero attached hydrogens (tertiary/aromatic N) is 2. The summed E-state index contributed by atoms with van der Waals surface area (Å²) in [5.41, 5.74) is 4.32. The fourth-order valence-electron chi connectivity index (χ4n) is 4.39. The number of halogens is 1. The molecule has 0 spiro atoms. The van der Waals surface area contributed by atoms with Crippen LogP contribution in [0.5, 0.6) is 0 Å². The van der Waals surface area contributed by atoms with Crippen LogP contribution in [0.1, 0.15) is 37.0 Å². The van der Waals surface area contributed by atoms with Gasteiger partial charge < -0.3 is 10.0 Å². The lowest BCUT2D eigenvalue weighted by atomic mass is 9.79. The molecule has 2 aromatic carbocycles. The Kier molecular flexibility index (Phi) is 7.26. The maximum Gasteiger partial charge on any atom is 0.0723 e. The normalized spacial score (nSPS) is 18.5. The van der Waals surface area contributed by atoms with E-state index in [0.717, 1.165) is 50.6 Å². The molecule has 1 N–H and O–H groups in total. The van der Waals surface area contributed by atoms with Gasteiger partial charge in [-0.05, 0) is 55.5 Å². The van der Waals surface area contributed by atoms with Crippen molar-refractivity contribution < 1.29 is 5.11 Å². The number of aliphatic hydroxyl groups is 1. The van der Waals surface area contributed by atoms with Crippen LogP contribution < -0.4 is 4.90 Å². The molecule has 3 rings (SSSR count). The molecule has 0 aliphatic carbocycles. The summed E-state index contributed by atoms with van der Waals surface area (Å²) in [6, 6.07) is 14.6. The highest BCUT2D eigenvalue weighted by Crippen LogP contribution is 2.29. The molecule has 3 nitrogen and oxygen atoms in total. The van der Waals surface area contributed by atoms with Crippen molar-refractivity contribution in [2.45, 2.75) is 46.1 Å². The average molecular weight is 415 g/mol. The van der Waals surface area contributed by atoms with Gasteiger partial charge in [-0.1, -0.05) is 55.3 Å². The number of piperazine rings is 1. The van der Waals surface area contributed by atoms with Crippen LogP contribution in [0.25, 0.3) is 0 Å². The molecule has 2 aromatic rings. The van der Waals surface area contributed by atoms with Gasteiger partial charge in [-0.25, -0.2) is 0 Å². The Morgan fingerprint density at radius 3 is 2.45 bits per heavy atom. The first-order valence-corrected chi connectivity index (χ1v) is 11.2. The van der Waals surface area contributed by atoms with Gasteiger partial charge in [-0.15, -0.1) is 0 Å². The van der Waals surface area contributed by atoms with Gasteiger partial charge in [0.05, 0.1) is 5.60 Å². The van der Waals surface area contributed by atoms with Crippen molar-refractivity contribution in [3.63, 3.8) is 0 Å². The van der Waals surface area contributed by atoms with Crippen molar-refractivity contribution in [3.8, 4) is 0 Å². The zero-order valence-corrected chi connectivity index (χ0v) is 19.0. The molecule has 29 heavy (non-hydrogen) atoms. The highest BCUT2D eigenvalue weighted by atomic mass is 35.5. The Labute approximate surface area is 181 Å². The molecule has 1 aliphatic heterocycles. The van der Waals surface area contributed by atoms with Gasteiger partial charge in [0.1, 0.15) is 0 Å². The lowest BCUT2D eigenvalue weighted by Gasteiger charge is -2.41. The van der Waals surface area contributed by atoms with Crippen molar-refractivity contribution in [2.24, 2.45) is 5.92 Å². The minimum atomic E-state index is -0.678. The summed E-state index contributed by atoms with van der Waals surface area (Å²) in [7, 11) is 0. The van der Waals surface area contributed by atoms with Crippen molar-refractivity contribution in [1.82, 2.24) is 4.90 Å². The Hall–Kier alpha value is -1.55. The number of hydrogen-bond acceptors (Lipinski definition) is 3. The van der Waals surface area contributed by atoms with Crippen molar-refractivity contribution >= 4 is 17.3 Å². The summed E-state index contributed by atoms with van der Waals surface area (Å²) in [5.74, 6) is 0.213. The Balaban J connectivity index is 1.60. The SMILES string of the molecule is CCC(O)(Cc1cc(C)ccc1C)C(C)CN1CCN(c2cccc(Cl)c2)CC1. The fourth-order valence-corrected chi connectivity index (χ4v) is 4.57. The summed E-state index contributed by atoms with van der Waals surface area (Å²) in [5, 5.41) is 12.3. The van der Waals surface area contributed by atoms with Gasteiger partial charge in [-0.2, -0.15) is 0 Å². The monoisotopic (exact) mass is 414 g/mol. The van der Waals surface area contributed by atoms with E-state index in [2.05, 4.69) is 61.8 Å². The number of hydrogen-bond donors (Lipinski definition) is 1. The molecular formula is C25H35ClN2O. The predicted octanol–water partition coefficient (Wildman–Crippen LogP) is 5.10. The van der Waals surface area contributed by atoms with Crippen molar-refractivity contribution in [2.75, 3.05) is 37.6 Å². The first-order valence-electron chi connectivity index (χ1n) is 10.8. The van der Waals surface area contributed by atoms with Gasteiger partial charge in [0, 0.05) is 49.9 Å². The second-order valence-corrected chi connectivity index (χ2v) is 9.17. The van der Waals surface area contributed by atoms with E-state index < -0.39 is 5.60 Å². The topological polar surface area (TPSA) is 26.7 Å². The lowest BCUT2D eigenvalue weighted by molar-refractivity contribution is -0.0282. The summed E-state index contributed by atoms with van der Waals surface area (Å²) in [6.45, 7) is 13.5. The van der Waals surface area contributed by atoms with Crippen molar-refractivity contribution in [3.05, 3.63) is 64.2 Å². The fraction of sp³-hybridized carbons (Fsp3) is 0.520. The molecular weight excluding hydrogens is 380 g/mol. The Bertz CT molecular complexity index is 816. The highest BCUT2D eigenvalue weighted by molar-refractivity contribution is 6.30. The van der Waals surface area contributed by atoms with Crippen LogP contribution >= 0.6 is 11.6 Å². The Morgan fingerprint density at radius 2 is 1.79 bits per heavy atom. The van der Waals surface area contributed by atoms with Crippen LogP contribution in [0, 0.1) is 19.8 Å². The maximum atomic E-state index is 11.5. The second kappa shape index (κ2) is 9.51. The standard InChI is InChI=1S/C25H35ClN2O/c1-5-25(29,17-22-15-19(2)9-10-20(22)3)21(4)18-27-11-13-28(14-12-27)24-8-6-7-23(26)16-24/h6-10,15-16,21,29H,5,11-14,17-18H2,1-4H3. The van der Waals surface area contributed by atoms with E-state index in [-0.39, 0.29) is 5.92 Å². The average Bonchev–Trinajstić information content (AvgIpc) is 2.71. The third-order valence-corrected chi connectivity index (χ3v) is 6.84. The third kappa shape index (κ3) is 5.53. The zero-order valence-electron chi connectivity index (χ0n) is 18.3. The summed E-state index contributed by atoms with van der Waals surface area (Å²) < 4.78 is 0. The van der Waals surface area contributed by atoms with E-state index >= 15 is 0 Å². The lowest BCUT2D eigenvalue weighted by Crippen LogP contribution is -2.51. The van der Waals surface area contributed by atoms with E-state index in [1.54, 1.807) is 0 Å². The smallest absolute Gasteiger partial charge is 0.0723 e. The summed E-state index contributed by atoms with van der Waals surface area (Å²) in [4.78, 5) is 4.89. The number of benzene rings is 2. The summed E-state index contributed by atoms with van der Waals surface area (Å²) in [6.07, 6.45) is 1.49. The quantitative estimate of drug-likeness (QED) is 0.682. The molecule has 1 aliphatic rings. The third-order valence-electron chi connectivity index (χ3n) is 6.61. The van der Waals surface area contributed by atoms with Crippen LogP contribution in [0.3, 0.4) is 0 Å². The molecule has 0 radical (unpaired) electrons.